The van der Waals surface area contributed by atoms with Crippen LogP contribution in [0.5, 0.6) is 5.75 Å². The zero-order valence-corrected chi connectivity index (χ0v) is 14.5. The molecule has 1 fully saturated rings. The number of phenolic OH excluding ortho intramolecular Hbond substituents is 1. The summed E-state index contributed by atoms with van der Waals surface area (Å²) in [6.45, 7) is 5.18. The molecule has 1 heterocycles. The van der Waals surface area contributed by atoms with Crippen molar-refractivity contribution in [3.05, 3.63) is 33.6 Å². The van der Waals surface area contributed by atoms with Gasteiger partial charge < -0.3 is 10.4 Å². The fourth-order valence-electron chi connectivity index (χ4n) is 2.77. The van der Waals surface area contributed by atoms with Gasteiger partial charge in [0.05, 0.1) is 11.0 Å². The Bertz CT molecular complexity index is 528. The lowest BCUT2D eigenvalue weighted by Crippen LogP contribution is -2.45. The number of hydrogen-bond donors (Lipinski definition) is 2. The first-order valence-electron chi connectivity index (χ1n) is 7.16. The van der Waals surface area contributed by atoms with Gasteiger partial charge in [0.1, 0.15) is 0 Å². The van der Waals surface area contributed by atoms with Crippen LogP contribution in [0.3, 0.4) is 0 Å². The van der Waals surface area contributed by atoms with Gasteiger partial charge in [-0.2, -0.15) is 0 Å². The van der Waals surface area contributed by atoms with Crippen molar-refractivity contribution in [2.75, 3.05) is 26.2 Å². The molecule has 1 atom stereocenters. The van der Waals surface area contributed by atoms with E-state index in [9.17, 15) is 19.6 Å². The van der Waals surface area contributed by atoms with Crippen LogP contribution in [-0.2, 0) is 0 Å². The minimum atomic E-state index is -0.935. The minimum absolute atomic E-state index is 0. The summed E-state index contributed by atoms with van der Waals surface area (Å²) in [5.41, 5.74) is -0.0120. The van der Waals surface area contributed by atoms with Crippen LogP contribution in [0.2, 0.25) is 0 Å². The summed E-state index contributed by atoms with van der Waals surface area (Å²) in [6, 6.07) is 1.85. The van der Waals surface area contributed by atoms with Crippen LogP contribution >= 0.6 is 24.8 Å². The summed E-state index contributed by atoms with van der Waals surface area (Å²) in [5, 5.41) is 24.1. The van der Waals surface area contributed by atoms with E-state index >= 15 is 0 Å². The van der Waals surface area contributed by atoms with E-state index in [1.54, 1.807) is 0 Å². The highest BCUT2D eigenvalue weighted by atomic mass is 35.5. The number of phenols is 1. The van der Waals surface area contributed by atoms with Gasteiger partial charge in [-0.15, -0.1) is 24.8 Å². The van der Waals surface area contributed by atoms with Crippen LogP contribution in [0.25, 0.3) is 0 Å². The third kappa shape index (κ3) is 5.17. The minimum Gasteiger partial charge on any atom is -0.505 e. The summed E-state index contributed by atoms with van der Waals surface area (Å²) in [6.07, 6.45) is 1.56. The first kappa shape index (κ1) is 21.9. The number of nitro benzene ring substituents is 1. The van der Waals surface area contributed by atoms with Gasteiger partial charge in [-0.3, -0.25) is 15.0 Å². The van der Waals surface area contributed by atoms with Crippen LogP contribution < -0.4 is 5.32 Å². The van der Waals surface area contributed by atoms with Crippen molar-refractivity contribution in [2.45, 2.75) is 25.8 Å². The van der Waals surface area contributed by atoms with E-state index in [4.69, 9.17) is 0 Å². The first-order chi connectivity index (χ1) is 10.0. The molecule has 0 unspecified atom stereocenters. The maximum Gasteiger partial charge on any atom is 0.272 e. The first-order valence-corrected chi connectivity index (χ1v) is 7.16. The molecular formula is C14H22Cl2FN3O3. The average molecular weight is 370 g/mol. The summed E-state index contributed by atoms with van der Waals surface area (Å²) < 4.78 is 13.8. The van der Waals surface area contributed by atoms with Crippen LogP contribution in [0.1, 0.15) is 31.4 Å². The molecule has 132 valence electrons. The maximum absolute atomic E-state index is 13.8. The van der Waals surface area contributed by atoms with Gasteiger partial charge in [-0.1, -0.05) is 13.3 Å². The lowest BCUT2D eigenvalue weighted by atomic mass is 9.98. The second-order valence-electron chi connectivity index (χ2n) is 5.21. The fourth-order valence-corrected chi connectivity index (χ4v) is 2.77. The van der Waals surface area contributed by atoms with Crippen molar-refractivity contribution in [2.24, 2.45) is 0 Å². The molecule has 0 spiro atoms. The van der Waals surface area contributed by atoms with Crippen molar-refractivity contribution in [1.82, 2.24) is 10.2 Å². The molecule has 23 heavy (non-hydrogen) atoms. The predicted molar refractivity (Wildman–Crippen MR) is 91.3 cm³/mol. The fraction of sp³-hybridized carbons (Fsp3) is 0.571. The Labute approximate surface area is 147 Å². The lowest BCUT2D eigenvalue weighted by Gasteiger charge is -2.35. The molecule has 2 N–H and O–H groups in total. The Balaban J connectivity index is 0.00000242. The zero-order chi connectivity index (χ0) is 15.4. The van der Waals surface area contributed by atoms with Crippen LogP contribution in [0.4, 0.5) is 10.1 Å². The van der Waals surface area contributed by atoms with Gasteiger partial charge in [0.2, 0.25) is 0 Å². The molecule has 1 aromatic rings. The standard InChI is InChI=1S/C14H20FN3O3.2ClH/c1-2-3-13(17-6-4-16-5-7-17)11-8-10(18(20)21)9-12(15)14(11)19;;/h8-9,13,16,19H,2-7H2,1H3;2*1H/t13-;;/m1../s1. The lowest BCUT2D eigenvalue weighted by molar-refractivity contribution is -0.385. The van der Waals surface area contributed by atoms with Crippen molar-refractivity contribution in [1.29, 1.82) is 0 Å². The smallest absolute Gasteiger partial charge is 0.272 e. The molecule has 6 nitrogen and oxygen atoms in total. The van der Waals surface area contributed by atoms with E-state index in [2.05, 4.69) is 10.2 Å². The molecule has 9 heteroatoms. The summed E-state index contributed by atoms with van der Waals surface area (Å²) in [4.78, 5) is 12.4. The molecular weight excluding hydrogens is 348 g/mol. The SMILES string of the molecule is CCC[C@H](c1cc([N+](=O)[O-])cc(F)c1O)N1CCNCC1.Cl.Cl. The molecule has 0 bridgehead atoms. The number of halogens is 3. The van der Waals surface area contributed by atoms with Gasteiger partial charge in [-0.25, -0.2) is 4.39 Å². The zero-order valence-electron chi connectivity index (χ0n) is 12.8. The van der Waals surface area contributed by atoms with E-state index in [1.807, 2.05) is 6.92 Å². The Kier molecular flexibility index (Phi) is 9.38. The van der Waals surface area contributed by atoms with Gasteiger partial charge in [-0.05, 0) is 6.42 Å². The van der Waals surface area contributed by atoms with Gasteiger partial charge in [0.15, 0.2) is 11.6 Å². The number of benzene rings is 1. The third-order valence-electron chi connectivity index (χ3n) is 3.80. The largest absolute Gasteiger partial charge is 0.505 e. The molecule has 2 rings (SSSR count). The van der Waals surface area contributed by atoms with Crippen molar-refractivity contribution >= 4 is 30.5 Å². The Morgan fingerprint density at radius 2 is 2.00 bits per heavy atom. The maximum atomic E-state index is 13.8. The van der Waals surface area contributed by atoms with E-state index in [1.165, 1.54) is 6.07 Å². The van der Waals surface area contributed by atoms with Crippen molar-refractivity contribution in [3.63, 3.8) is 0 Å². The molecule has 0 aliphatic carbocycles. The van der Waals surface area contributed by atoms with Gasteiger partial charge >= 0.3 is 0 Å². The molecule has 0 amide bonds. The molecule has 1 saturated heterocycles. The number of piperazine rings is 1. The molecule has 1 aliphatic rings. The average Bonchev–Trinajstić information content (AvgIpc) is 2.48. The number of nitrogens with zero attached hydrogens (tertiary/aromatic N) is 2. The number of non-ortho nitro benzene ring substituents is 1. The highest BCUT2D eigenvalue weighted by Gasteiger charge is 2.27. The summed E-state index contributed by atoms with van der Waals surface area (Å²) >= 11 is 0. The third-order valence-corrected chi connectivity index (χ3v) is 3.80. The highest BCUT2D eigenvalue weighted by molar-refractivity contribution is 5.85. The monoisotopic (exact) mass is 369 g/mol. The Morgan fingerprint density at radius 3 is 2.52 bits per heavy atom. The molecule has 1 aliphatic heterocycles. The topological polar surface area (TPSA) is 78.6 Å². The quantitative estimate of drug-likeness (QED) is 0.615. The Morgan fingerprint density at radius 1 is 1.39 bits per heavy atom. The molecule has 0 radical (unpaired) electrons. The number of nitrogens with one attached hydrogen (secondary N) is 1. The predicted octanol–water partition coefficient (Wildman–Crippen LogP) is 3.03. The van der Waals surface area contributed by atoms with Gasteiger partial charge in [0.25, 0.3) is 5.69 Å². The number of hydrogen-bond acceptors (Lipinski definition) is 5. The Hall–Kier alpha value is -1.15. The van der Waals surface area contributed by atoms with Crippen molar-refractivity contribution < 1.29 is 14.4 Å². The van der Waals surface area contributed by atoms with E-state index < -0.39 is 16.5 Å². The summed E-state index contributed by atoms with van der Waals surface area (Å²) in [7, 11) is 0. The second kappa shape index (κ2) is 9.87. The summed E-state index contributed by atoms with van der Waals surface area (Å²) in [5.74, 6) is -1.41. The number of aromatic hydroxyl groups is 1. The highest BCUT2D eigenvalue weighted by Crippen LogP contribution is 2.36. The van der Waals surface area contributed by atoms with Crippen LogP contribution in [-0.4, -0.2) is 41.1 Å². The second-order valence-corrected chi connectivity index (χ2v) is 5.21. The number of rotatable bonds is 5. The van der Waals surface area contributed by atoms with E-state index in [0.29, 0.717) is 12.0 Å². The normalized spacial score (nSPS) is 16.1. The molecule has 1 aromatic carbocycles. The van der Waals surface area contributed by atoms with Crippen LogP contribution in [0, 0.1) is 15.9 Å². The number of nitro groups is 1. The van der Waals surface area contributed by atoms with E-state index in [0.717, 1.165) is 38.7 Å². The molecule has 0 saturated carbocycles. The van der Waals surface area contributed by atoms with Crippen LogP contribution in [0.15, 0.2) is 12.1 Å². The molecule has 0 aromatic heterocycles. The van der Waals surface area contributed by atoms with Gasteiger partial charge in [0, 0.05) is 43.9 Å². The van der Waals surface area contributed by atoms with Crippen molar-refractivity contribution in [3.8, 4) is 5.75 Å². The van der Waals surface area contributed by atoms with E-state index in [-0.39, 0.29) is 36.5 Å².